The number of nitrogens with zero attached hydrogens (tertiary/aromatic N) is 1. The first-order valence-corrected chi connectivity index (χ1v) is 6.09. The molecule has 0 spiro atoms. The second kappa shape index (κ2) is 4.47. The molecule has 1 amide bonds. The number of carbonyl (C=O) groups excluding carboxylic acids is 1. The first-order chi connectivity index (χ1) is 8.49. The van der Waals surface area contributed by atoms with Gasteiger partial charge in [-0.3, -0.25) is 4.79 Å². The second-order valence-electron chi connectivity index (χ2n) is 4.62. The van der Waals surface area contributed by atoms with Crippen LogP contribution < -0.4 is 5.32 Å². The predicted octanol–water partition coefficient (Wildman–Crippen LogP) is 2.77. The van der Waals surface area contributed by atoms with E-state index in [1.54, 1.807) is 24.3 Å². The van der Waals surface area contributed by atoms with Gasteiger partial charge in [0.05, 0.1) is 6.07 Å². The van der Waals surface area contributed by atoms with Crippen molar-refractivity contribution < 1.29 is 4.79 Å². The molecule has 1 atom stereocenters. The lowest BCUT2D eigenvalue weighted by atomic mass is 9.96. The summed E-state index contributed by atoms with van der Waals surface area (Å²) in [6, 6.07) is 9.26. The van der Waals surface area contributed by atoms with Crippen molar-refractivity contribution in [3.63, 3.8) is 0 Å². The van der Waals surface area contributed by atoms with Crippen molar-refractivity contribution in [2.24, 2.45) is 5.41 Å². The number of carbonyl (C=O) groups is 1. The number of nitrogens with one attached hydrogen (secondary N) is 1. The Balaban J connectivity index is 2.22. The quantitative estimate of drug-likeness (QED) is 0.909. The highest BCUT2D eigenvalue weighted by atomic mass is 35.5. The zero-order chi connectivity index (χ0) is 13.3. The van der Waals surface area contributed by atoms with Gasteiger partial charge in [-0.2, -0.15) is 5.26 Å². The average Bonchev–Trinajstić information content (AvgIpc) is 3.04. The summed E-state index contributed by atoms with van der Waals surface area (Å²) in [7, 11) is 0. The molecule has 0 aliphatic heterocycles. The van der Waals surface area contributed by atoms with Crippen molar-refractivity contribution in [2.75, 3.05) is 0 Å². The molecule has 0 aromatic heterocycles. The van der Waals surface area contributed by atoms with E-state index in [9.17, 15) is 10.1 Å². The molecule has 1 N–H and O–H groups in total. The van der Waals surface area contributed by atoms with E-state index < -0.39 is 5.41 Å². The van der Waals surface area contributed by atoms with Crippen LogP contribution in [0.4, 0.5) is 0 Å². The predicted molar refractivity (Wildman–Crippen MR) is 70.8 cm³/mol. The number of halogens is 1. The largest absolute Gasteiger partial charge is 0.352 e. The summed E-state index contributed by atoms with van der Waals surface area (Å²) in [5, 5.41) is 12.6. The summed E-state index contributed by atoms with van der Waals surface area (Å²) in [5.41, 5.74) is 0.434. The van der Waals surface area contributed by atoms with E-state index in [4.69, 9.17) is 11.6 Å². The van der Waals surface area contributed by atoms with Crippen LogP contribution in [0.5, 0.6) is 0 Å². The van der Waals surface area contributed by atoms with E-state index in [0.29, 0.717) is 5.02 Å². The molecule has 1 unspecified atom stereocenters. The smallest absolute Gasteiger partial charge is 0.249 e. The molecule has 18 heavy (non-hydrogen) atoms. The fourth-order valence-electron chi connectivity index (χ4n) is 1.85. The van der Waals surface area contributed by atoms with Crippen LogP contribution in [0.1, 0.15) is 19.4 Å². The van der Waals surface area contributed by atoms with Gasteiger partial charge in [-0.25, -0.2) is 0 Å². The Morgan fingerprint density at radius 3 is 2.78 bits per heavy atom. The van der Waals surface area contributed by atoms with Gasteiger partial charge in [0.15, 0.2) is 5.41 Å². The lowest BCUT2D eigenvalue weighted by Gasteiger charge is -2.13. The highest BCUT2D eigenvalue weighted by Gasteiger charge is 2.52. The van der Waals surface area contributed by atoms with Gasteiger partial charge in [-0.05, 0) is 43.2 Å². The minimum atomic E-state index is -1.12. The van der Waals surface area contributed by atoms with Gasteiger partial charge in [-0.1, -0.05) is 23.7 Å². The summed E-state index contributed by atoms with van der Waals surface area (Å²) in [6.07, 6.45) is 1.68. The number of nitriles is 1. The highest BCUT2D eigenvalue weighted by molar-refractivity contribution is 6.30. The van der Waals surface area contributed by atoms with Crippen molar-refractivity contribution >= 4 is 23.1 Å². The van der Waals surface area contributed by atoms with Gasteiger partial charge in [-0.15, -0.1) is 0 Å². The third-order valence-corrected chi connectivity index (χ3v) is 3.03. The zero-order valence-electron chi connectivity index (χ0n) is 10.2. The Labute approximate surface area is 111 Å². The molecule has 92 valence electrons. The van der Waals surface area contributed by atoms with E-state index in [1.165, 1.54) is 0 Å². The van der Waals surface area contributed by atoms with Crippen molar-refractivity contribution in [3.8, 4) is 6.07 Å². The number of rotatable bonds is 3. The molecule has 4 heteroatoms. The average molecular weight is 261 g/mol. The molecular formula is C14H13ClN2O. The fourth-order valence-corrected chi connectivity index (χ4v) is 2.04. The highest BCUT2D eigenvalue weighted by Crippen LogP contribution is 2.51. The van der Waals surface area contributed by atoms with Gasteiger partial charge >= 0.3 is 0 Å². The monoisotopic (exact) mass is 260 g/mol. The number of hydrogen-bond acceptors (Lipinski definition) is 2. The summed E-state index contributed by atoms with van der Waals surface area (Å²) in [5.74, 6) is -0.269. The third-order valence-electron chi connectivity index (χ3n) is 2.79. The first kappa shape index (κ1) is 12.7. The van der Waals surface area contributed by atoms with E-state index in [-0.39, 0.29) is 11.9 Å². The Morgan fingerprint density at radius 2 is 2.22 bits per heavy atom. The van der Waals surface area contributed by atoms with Crippen molar-refractivity contribution in [1.82, 2.24) is 5.32 Å². The van der Waals surface area contributed by atoms with E-state index in [1.807, 2.05) is 19.9 Å². The molecule has 2 rings (SSSR count). The maximum Gasteiger partial charge on any atom is 0.249 e. The molecule has 0 radical (unpaired) electrons. The second-order valence-corrected chi connectivity index (χ2v) is 5.05. The maximum atomic E-state index is 12.0. The standard InChI is InChI=1S/C14H13ClN2O/c1-9(2)17-13(18)14(8-16)7-12(14)10-4-3-5-11(15)6-10/h3-7,9H,1-2H3,(H,17,18). The van der Waals surface area contributed by atoms with Gasteiger partial charge in [0.2, 0.25) is 5.91 Å². The van der Waals surface area contributed by atoms with Gasteiger partial charge in [0, 0.05) is 11.1 Å². The lowest BCUT2D eigenvalue weighted by Crippen LogP contribution is -2.37. The molecule has 1 aromatic rings. The van der Waals surface area contributed by atoms with E-state index in [2.05, 4.69) is 11.4 Å². The van der Waals surface area contributed by atoms with Crippen molar-refractivity contribution in [2.45, 2.75) is 19.9 Å². The Morgan fingerprint density at radius 1 is 1.50 bits per heavy atom. The number of hydrogen-bond donors (Lipinski definition) is 1. The first-order valence-electron chi connectivity index (χ1n) is 5.71. The molecule has 0 fully saturated rings. The Bertz CT molecular complexity index is 571. The topological polar surface area (TPSA) is 52.9 Å². The fraction of sp³-hybridized carbons (Fsp3) is 0.286. The molecular weight excluding hydrogens is 248 g/mol. The summed E-state index contributed by atoms with van der Waals surface area (Å²) in [6.45, 7) is 3.73. The molecule has 0 heterocycles. The Hall–Kier alpha value is -1.79. The Kier molecular flexibility index (Phi) is 3.14. The molecule has 3 nitrogen and oxygen atoms in total. The number of benzene rings is 1. The van der Waals surface area contributed by atoms with Crippen LogP contribution in [0, 0.1) is 16.7 Å². The van der Waals surface area contributed by atoms with E-state index >= 15 is 0 Å². The van der Waals surface area contributed by atoms with Crippen molar-refractivity contribution in [3.05, 3.63) is 40.9 Å². The minimum Gasteiger partial charge on any atom is -0.352 e. The number of amides is 1. The molecule has 0 bridgehead atoms. The van der Waals surface area contributed by atoms with Crippen LogP contribution in [0.25, 0.3) is 5.57 Å². The SMILES string of the molecule is CC(C)NC(=O)C1(C#N)C=C1c1cccc(Cl)c1. The summed E-state index contributed by atoms with van der Waals surface area (Å²) < 4.78 is 0. The summed E-state index contributed by atoms with van der Waals surface area (Å²) in [4.78, 5) is 12.0. The molecule has 1 aliphatic rings. The minimum absolute atomic E-state index is 0.0114. The van der Waals surface area contributed by atoms with Crippen LogP contribution in [0.15, 0.2) is 30.3 Å². The molecule has 1 aliphatic carbocycles. The van der Waals surface area contributed by atoms with Crippen molar-refractivity contribution in [1.29, 1.82) is 5.26 Å². The maximum absolute atomic E-state index is 12.0. The van der Waals surface area contributed by atoms with Crippen LogP contribution in [-0.4, -0.2) is 11.9 Å². The van der Waals surface area contributed by atoms with Crippen LogP contribution in [0.3, 0.4) is 0 Å². The van der Waals surface area contributed by atoms with Crippen LogP contribution in [0.2, 0.25) is 5.02 Å². The normalized spacial score (nSPS) is 21.2. The van der Waals surface area contributed by atoms with E-state index in [0.717, 1.165) is 11.1 Å². The van der Waals surface area contributed by atoms with Gasteiger partial charge in [0.1, 0.15) is 0 Å². The molecule has 0 saturated heterocycles. The van der Waals surface area contributed by atoms with Crippen LogP contribution in [-0.2, 0) is 4.79 Å². The zero-order valence-corrected chi connectivity index (χ0v) is 11.0. The van der Waals surface area contributed by atoms with Gasteiger partial charge < -0.3 is 5.32 Å². The molecule has 1 aromatic carbocycles. The lowest BCUT2D eigenvalue weighted by molar-refractivity contribution is -0.123. The third kappa shape index (κ3) is 2.12. The van der Waals surface area contributed by atoms with Crippen LogP contribution >= 0.6 is 11.6 Å². The summed E-state index contributed by atoms with van der Waals surface area (Å²) >= 11 is 5.91. The molecule has 0 saturated carbocycles. The van der Waals surface area contributed by atoms with Gasteiger partial charge in [0.25, 0.3) is 0 Å².